The Balaban J connectivity index is 2.00. The number of amides is 2. The highest BCUT2D eigenvalue weighted by molar-refractivity contribution is 5.88. The molecule has 0 aromatic heterocycles. The maximum absolute atomic E-state index is 13.4. The van der Waals surface area contributed by atoms with E-state index in [1.165, 1.54) is 0 Å². The van der Waals surface area contributed by atoms with Gasteiger partial charge in [0.1, 0.15) is 5.82 Å². The van der Waals surface area contributed by atoms with E-state index in [2.05, 4.69) is 10.6 Å². The number of benzene rings is 1. The minimum absolute atomic E-state index is 0.000476. The summed E-state index contributed by atoms with van der Waals surface area (Å²) >= 11 is 0. The van der Waals surface area contributed by atoms with Crippen molar-refractivity contribution >= 4 is 11.8 Å². The normalized spacial score (nSPS) is 18.7. The van der Waals surface area contributed by atoms with E-state index in [1.54, 1.807) is 0 Å². The van der Waals surface area contributed by atoms with Crippen molar-refractivity contribution in [1.82, 2.24) is 15.5 Å². The molecule has 1 fully saturated rings. The molecular formula is C17H21F4N3O2. The van der Waals surface area contributed by atoms with Crippen molar-refractivity contribution in [2.45, 2.75) is 45.1 Å². The van der Waals surface area contributed by atoms with Crippen LogP contribution in [0.3, 0.4) is 0 Å². The fraction of sp³-hybridized carbons (Fsp3) is 0.529. The summed E-state index contributed by atoms with van der Waals surface area (Å²) in [7, 11) is 0. The number of nitrogens with one attached hydrogen (secondary N) is 2. The maximum atomic E-state index is 13.4. The minimum atomic E-state index is -4.67. The van der Waals surface area contributed by atoms with Gasteiger partial charge in [0, 0.05) is 25.7 Å². The third kappa shape index (κ3) is 5.17. The van der Waals surface area contributed by atoms with Gasteiger partial charge in [0.15, 0.2) is 0 Å². The molecule has 1 aromatic carbocycles. The van der Waals surface area contributed by atoms with Gasteiger partial charge in [-0.1, -0.05) is 0 Å². The molecule has 0 radical (unpaired) electrons. The Hall–Kier alpha value is -2.16. The second-order valence-electron chi connectivity index (χ2n) is 6.47. The fourth-order valence-electron chi connectivity index (χ4n) is 2.93. The molecular weight excluding hydrogens is 354 g/mol. The topological polar surface area (TPSA) is 61.4 Å². The highest BCUT2D eigenvalue weighted by Crippen LogP contribution is 2.30. The summed E-state index contributed by atoms with van der Waals surface area (Å²) in [6.45, 7) is 4.68. The molecule has 1 saturated heterocycles. The van der Waals surface area contributed by atoms with E-state index < -0.39 is 29.5 Å². The van der Waals surface area contributed by atoms with Gasteiger partial charge in [-0.3, -0.25) is 14.5 Å². The van der Waals surface area contributed by atoms with Gasteiger partial charge in [0.05, 0.1) is 18.0 Å². The van der Waals surface area contributed by atoms with Crippen LogP contribution in [0.4, 0.5) is 17.6 Å². The van der Waals surface area contributed by atoms with Crippen LogP contribution in [-0.4, -0.2) is 41.9 Å². The molecule has 2 amide bonds. The lowest BCUT2D eigenvalue weighted by molar-refractivity contribution is -0.137. The van der Waals surface area contributed by atoms with E-state index in [4.69, 9.17) is 0 Å². The van der Waals surface area contributed by atoms with Gasteiger partial charge in [0.2, 0.25) is 11.8 Å². The van der Waals surface area contributed by atoms with E-state index >= 15 is 0 Å². The zero-order chi connectivity index (χ0) is 19.5. The van der Waals surface area contributed by atoms with Crippen molar-refractivity contribution in [3.8, 4) is 0 Å². The number of alkyl halides is 3. The zero-order valence-electron chi connectivity index (χ0n) is 14.5. The predicted molar refractivity (Wildman–Crippen MR) is 86.5 cm³/mol. The van der Waals surface area contributed by atoms with Crippen LogP contribution < -0.4 is 10.6 Å². The van der Waals surface area contributed by atoms with Crippen LogP contribution in [0.15, 0.2) is 18.2 Å². The molecule has 2 N–H and O–H groups in total. The van der Waals surface area contributed by atoms with Crippen LogP contribution in [0.5, 0.6) is 0 Å². The zero-order valence-corrected chi connectivity index (χ0v) is 14.5. The Morgan fingerprint density at radius 1 is 1.35 bits per heavy atom. The smallest absolute Gasteiger partial charge is 0.353 e. The number of rotatable bonds is 5. The van der Waals surface area contributed by atoms with E-state index in [0.29, 0.717) is 19.2 Å². The standard InChI is InChI=1S/C17H21F4N3O2/c1-10(2)24-4-3-22-16(26)14(24)8-15(25)23-9-11-5-12(17(19,20)21)7-13(18)6-11/h5-7,10,14H,3-4,8-9H2,1-2H3,(H,22,26)(H,23,25). The quantitative estimate of drug-likeness (QED) is 0.775. The molecule has 0 bridgehead atoms. The Morgan fingerprint density at radius 3 is 2.65 bits per heavy atom. The molecule has 1 aliphatic heterocycles. The van der Waals surface area contributed by atoms with Gasteiger partial charge >= 0.3 is 6.18 Å². The van der Waals surface area contributed by atoms with Gasteiger partial charge < -0.3 is 10.6 Å². The van der Waals surface area contributed by atoms with Gasteiger partial charge in [-0.2, -0.15) is 13.2 Å². The molecule has 0 saturated carbocycles. The number of hydrogen-bond acceptors (Lipinski definition) is 3. The molecule has 9 heteroatoms. The summed E-state index contributed by atoms with van der Waals surface area (Å²) in [6.07, 6.45) is -4.79. The first-order chi connectivity index (χ1) is 12.1. The van der Waals surface area contributed by atoms with E-state index in [0.717, 1.165) is 12.1 Å². The van der Waals surface area contributed by atoms with E-state index in [9.17, 15) is 27.2 Å². The first kappa shape index (κ1) is 20.2. The van der Waals surface area contributed by atoms with Crippen molar-refractivity contribution in [3.63, 3.8) is 0 Å². The Morgan fingerprint density at radius 2 is 2.04 bits per heavy atom. The monoisotopic (exact) mass is 375 g/mol. The second kappa shape index (κ2) is 8.03. The highest BCUT2D eigenvalue weighted by atomic mass is 19.4. The molecule has 2 rings (SSSR count). The third-order valence-corrected chi connectivity index (χ3v) is 4.19. The lowest BCUT2D eigenvalue weighted by Gasteiger charge is -2.37. The third-order valence-electron chi connectivity index (χ3n) is 4.19. The SMILES string of the molecule is CC(C)N1CCNC(=O)C1CC(=O)NCc1cc(F)cc(C(F)(F)F)c1. The van der Waals surface area contributed by atoms with Gasteiger partial charge in [-0.15, -0.1) is 0 Å². The van der Waals surface area contributed by atoms with Crippen molar-refractivity contribution in [1.29, 1.82) is 0 Å². The summed E-state index contributed by atoms with van der Waals surface area (Å²) in [5.74, 6) is -1.78. The molecule has 1 aromatic rings. The molecule has 0 aliphatic carbocycles. The van der Waals surface area contributed by atoms with Crippen LogP contribution in [0, 0.1) is 5.82 Å². The average molecular weight is 375 g/mol. The summed E-state index contributed by atoms with van der Waals surface area (Å²) in [5, 5.41) is 5.15. The Kier molecular flexibility index (Phi) is 6.22. The minimum Gasteiger partial charge on any atom is -0.353 e. The fourth-order valence-corrected chi connectivity index (χ4v) is 2.93. The van der Waals surface area contributed by atoms with Crippen molar-refractivity contribution in [2.75, 3.05) is 13.1 Å². The number of carbonyl (C=O) groups is 2. The van der Waals surface area contributed by atoms with E-state index in [-0.39, 0.29) is 30.5 Å². The predicted octanol–water partition coefficient (Wildman–Crippen LogP) is 2.06. The lowest BCUT2D eigenvalue weighted by Crippen LogP contribution is -2.58. The molecule has 1 unspecified atom stereocenters. The van der Waals surface area contributed by atoms with Crippen LogP contribution in [0.25, 0.3) is 0 Å². The Bertz CT molecular complexity index is 676. The first-order valence-electron chi connectivity index (χ1n) is 8.24. The summed E-state index contributed by atoms with van der Waals surface area (Å²) in [4.78, 5) is 26.0. The molecule has 0 spiro atoms. The average Bonchev–Trinajstić information content (AvgIpc) is 2.53. The maximum Gasteiger partial charge on any atom is 0.416 e. The summed E-state index contributed by atoms with van der Waals surface area (Å²) in [6, 6.07) is 1.55. The molecule has 1 atom stereocenters. The number of piperazine rings is 1. The molecule has 5 nitrogen and oxygen atoms in total. The Labute approximate surface area is 148 Å². The lowest BCUT2D eigenvalue weighted by atomic mass is 10.1. The van der Waals surface area contributed by atoms with Crippen LogP contribution >= 0.6 is 0 Å². The molecule has 1 aliphatic rings. The highest BCUT2D eigenvalue weighted by Gasteiger charge is 2.33. The van der Waals surface area contributed by atoms with Crippen LogP contribution in [-0.2, 0) is 22.3 Å². The number of carbonyl (C=O) groups excluding carboxylic acids is 2. The molecule has 144 valence electrons. The van der Waals surface area contributed by atoms with Crippen molar-refractivity contribution < 1.29 is 27.2 Å². The first-order valence-corrected chi connectivity index (χ1v) is 8.24. The largest absolute Gasteiger partial charge is 0.416 e. The molecule has 1 heterocycles. The van der Waals surface area contributed by atoms with Crippen molar-refractivity contribution in [2.24, 2.45) is 0 Å². The van der Waals surface area contributed by atoms with Gasteiger partial charge in [-0.05, 0) is 37.6 Å². The number of nitrogens with zero attached hydrogens (tertiary/aromatic N) is 1. The van der Waals surface area contributed by atoms with Crippen molar-refractivity contribution in [3.05, 3.63) is 35.1 Å². The molecule has 26 heavy (non-hydrogen) atoms. The summed E-state index contributed by atoms with van der Waals surface area (Å²) in [5.41, 5.74) is -1.11. The van der Waals surface area contributed by atoms with Gasteiger partial charge in [0.25, 0.3) is 0 Å². The van der Waals surface area contributed by atoms with E-state index in [1.807, 2.05) is 18.7 Å². The second-order valence-corrected chi connectivity index (χ2v) is 6.47. The van der Waals surface area contributed by atoms with Gasteiger partial charge in [-0.25, -0.2) is 4.39 Å². The van der Waals surface area contributed by atoms with Crippen LogP contribution in [0.2, 0.25) is 0 Å². The number of hydrogen-bond donors (Lipinski definition) is 2. The number of halogens is 4. The van der Waals surface area contributed by atoms with Crippen LogP contribution in [0.1, 0.15) is 31.4 Å². The summed E-state index contributed by atoms with van der Waals surface area (Å²) < 4.78 is 51.5.